The van der Waals surface area contributed by atoms with E-state index in [1.807, 2.05) is 18.2 Å². The van der Waals surface area contributed by atoms with E-state index in [4.69, 9.17) is 4.74 Å². The number of likely N-dealkylation sites (tertiary alicyclic amines) is 1. The van der Waals surface area contributed by atoms with Gasteiger partial charge in [0.1, 0.15) is 0 Å². The molecule has 0 N–H and O–H groups in total. The van der Waals surface area contributed by atoms with Gasteiger partial charge in [-0.15, -0.1) is 0 Å². The first-order chi connectivity index (χ1) is 11.3. The van der Waals surface area contributed by atoms with Crippen LogP contribution >= 0.6 is 0 Å². The van der Waals surface area contributed by atoms with Gasteiger partial charge in [-0.05, 0) is 56.7 Å². The van der Waals surface area contributed by atoms with Crippen molar-refractivity contribution < 1.29 is 9.53 Å². The van der Waals surface area contributed by atoms with Gasteiger partial charge in [0.2, 0.25) is 0 Å². The van der Waals surface area contributed by atoms with Gasteiger partial charge in [-0.3, -0.25) is 4.79 Å². The van der Waals surface area contributed by atoms with Gasteiger partial charge < -0.3 is 9.64 Å². The molecular weight excluding hydrogens is 286 g/mol. The normalized spacial score (nSPS) is 20.7. The van der Waals surface area contributed by atoms with Crippen LogP contribution in [0, 0.1) is 5.92 Å². The van der Waals surface area contributed by atoms with E-state index in [0.29, 0.717) is 12.5 Å². The van der Waals surface area contributed by atoms with Crippen molar-refractivity contribution in [3.63, 3.8) is 0 Å². The summed E-state index contributed by atoms with van der Waals surface area (Å²) >= 11 is 0. The maximum absolute atomic E-state index is 12.7. The zero-order valence-corrected chi connectivity index (χ0v) is 14.1. The van der Waals surface area contributed by atoms with Crippen LogP contribution in [0.5, 0.6) is 0 Å². The quantitative estimate of drug-likeness (QED) is 0.563. The first kappa shape index (κ1) is 16.5. The van der Waals surface area contributed by atoms with E-state index in [9.17, 15) is 4.79 Å². The summed E-state index contributed by atoms with van der Waals surface area (Å²) in [6.07, 6.45) is 8.39. The smallest absolute Gasteiger partial charge is 0.313 e. The maximum atomic E-state index is 12.7. The van der Waals surface area contributed by atoms with Gasteiger partial charge in [0.25, 0.3) is 0 Å². The molecule has 1 saturated carbocycles. The van der Waals surface area contributed by atoms with Crippen LogP contribution in [0.1, 0.15) is 56.4 Å². The Bertz CT molecular complexity index is 476. The van der Waals surface area contributed by atoms with Crippen molar-refractivity contribution in [3.05, 3.63) is 35.9 Å². The summed E-state index contributed by atoms with van der Waals surface area (Å²) in [4.78, 5) is 15.2. The van der Waals surface area contributed by atoms with E-state index in [0.717, 1.165) is 31.4 Å². The van der Waals surface area contributed by atoms with Crippen LogP contribution in [-0.4, -0.2) is 37.1 Å². The lowest BCUT2D eigenvalue weighted by molar-refractivity contribution is -0.147. The van der Waals surface area contributed by atoms with Crippen molar-refractivity contribution >= 4 is 5.97 Å². The summed E-state index contributed by atoms with van der Waals surface area (Å²) < 4.78 is 5.67. The summed E-state index contributed by atoms with van der Waals surface area (Å²) in [5.41, 5.74) is 1.13. The number of hydrogen-bond acceptors (Lipinski definition) is 3. The van der Waals surface area contributed by atoms with Crippen LogP contribution in [-0.2, 0) is 9.53 Å². The Hall–Kier alpha value is -1.35. The van der Waals surface area contributed by atoms with Crippen molar-refractivity contribution in [2.45, 2.75) is 50.9 Å². The van der Waals surface area contributed by atoms with Crippen LogP contribution in [0.15, 0.2) is 30.3 Å². The van der Waals surface area contributed by atoms with Gasteiger partial charge in [0, 0.05) is 6.54 Å². The molecule has 2 aliphatic rings. The number of benzene rings is 1. The van der Waals surface area contributed by atoms with E-state index in [2.05, 4.69) is 17.0 Å². The van der Waals surface area contributed by atoms with Gasteiger partial charge in [-0.25, -0.2) is 0 Å². The Morgan fingerprint density at radius 2 is 1.78 bits per heavy atom. The van der Waals surface area contributed by atoms with Crippen LogP contribution in [0.2, 0.25) is 0 Å². The highest BCUT2D eigenvalue weighted by Gasteiger charge is 2.33. The van der Waals surface area contributed by atoms with Gasteiger partial charge in [0.05, 0.1) is 12.5 Å². The highest BCUT2D eigenvalue weighted by molar-refractivity contribution is 5.78. The number of hydrogen-bond donors (Lipinski definition) is 0. The Balaban J connectivity index is 1.52. The number of ether oxygens (including phenoxy) is 1. The fraction of sp³-hybridized carbons (Fsp3) is 0.650. The molecule has 1 aliphatic carbocycles. The van der Waals surface area contributed by atoms with E-state index in [1.165, 1.54) is 38.8 Å². The fourth-order valence-electron chi connectivity index (χ4n) is 4.11. The van der Waals surface area contributed by atoms with Crippen molar-refractivity contribution in [2.24, 2.45) is 5.92 Å². The molecule has 1 atom stereocenters. The standard InChI is InChI=1S/C20H29NO2/c22-20(23-16-8-15-21-13-6-7-14-21)19(18-11-4-5-12-18)17-9-2-1-3-10-17/h1-3,9-10,18-19H,4-8,11-16H2. The topological polar surface area (TPSA) is 29.5 Å². The van der Waals surface area contributed by atoms with E-state index < -0.39 is 0 Å². The predicted molar refractivity (Wildman–Crippen MR) is 92.4 cm³/mol. The summed E-state index contributed by atoms with van der Waals surface area (Å²) in [7, 11) is 0. The number of esters is 1. The third kappa shape index (κ3) is 4.57. The highest BCUT2D eigenvalue weighted by atomic mass is 16.5. The molecule has 2 fully saturated rings. The van der Waals surface area contributed by atoms with Crippen LogP contribution in [0.3, 0.4) is 0 Å². The summed E-state index contributed by atoms with van der Waals surface area (Å²) in [6.45, 7) is 4.05. The molecule has 1 aromatic carbocycles. The fourth-order valence-corrected chi connectivity index (χ4v) is 4.11. The molecule has 0 aromatic heterocycles. The lowest BCUT2D eigenvalue weighted by Crippen LogP contribution is -2.25. The number of carbonyl (C=O) groups excluding carboxylic acids is 1. The summed E-state index contributed by atoms with van der Waals surface area (Å²) in [5, 5.41) is 0. The minimum absolute atomic E-state index is 0.00970. The maximum Gasteiger partial charge on any atom is 0.313 e. The molecule has 3 rings (SSSR count). The molecule has 126 valence electrons. The number of nitrogens with zero attached hydrogens (tertiary/aromatic N) is 1. The zero-order chi connectivity index (χ0) is 15.9. The van der Waals surface area contributed by atoms with Crippen molar-refractivity contribution in [1.29, 1.82) is 0 Å². The molecule has 0 spiro atoms. The average Bonchev–Trinajstić information content (AvgIpc) is 3.27. The second-order valence-corrected chi connectivity index (χ2v) is 7.00. The molecular formula is C20H29NO2. The zero-order valence-electron chi connectivity index (χ0n) is 14.1. The molecule has 3 heteroatoms. The van der Waals surface area contributed by atoms with Crippen LogP contribution in [0.4, 0.5) is 0 Å². The third-order valence-corrected chi connectivity index (χ3v) is 5.35. The Labute approximate surface area is 140 Å². The monoisotopic (exact) mass is 315 g/mol. The Morgan fingerprint density at radius 3 is 2.48 bits per heavy atom. The SMILES string of the molecule is O=C(OCCCN1CCCC1)C(c1ccccc1)C1CCCC1. The lowest BCUT2D eigenvalue weighted by Gasteiger charge is -2.22. The first-order valence-electron chi connectivity index (χ1n) is 9.28. The van der Waals surface area contributed by atoms with Crippen molar-refractivity contribution in [1.82, 2.24) is 4.90 Å². The van der Waals surface area contributed by atoms with Gasteiger partial charge in [-0.1, -0.05) is 43.2 Å². The first-order valence-corrected chi connectivity index (χ1v) is 9.28. The average molecular weight is 315 g/mol. The second kappa shape index (κ2) is 8.49. The largest absolute Gasteiger partial charge is 0.465 e. The summed E-state index contributed by atoms with van der Waals surface area (Å²) in [5.74, 6) is 0.387. The van der Waals surface area contributed by atoms with Crippen LogP contribution < -0.4 is 0 Å². The van der Waals surface area contributed by atoms with E-state index >= 15 is 0 Å². The van der Waals surface area contributed by atoms with Gasteiger partial charge in [-0.2, -0.15) is 0 Å². The van der Waals surface area contributed by atoms with Gasteiger partial charge >= 0.3 is 5.97 Å². The molecule has 23 heavy (non-hydrogen) atoms. The van der Waals surface area contributed by atoms with E-state index in [1.54, 1.807) is 0 Å². The lowest BCUT2D eigenvalue weighted by atomic mass is 9.85. The minimum Gasteiger partial charge on any atom is -0.465 e. The molecule has 1 unspecified atom stereocenters. The highest BCUT2D eigenvalue weighted by Crippen LogP contribution is 2.38. The number of rotatable bonds is 7. The van der Waals surface area contributed by atoms with Gasteiger partial charge in [0.15, 0.2) is 0 Å². The molecule has 1 heterocycles. The third-order valence-electron chi connectivity index (χ3n) is 5.35. The molecule has 0 amide bonds. The second-order valence-electron chi connectivity index (χ2n) is 7.00. The molecule has 0 bridgehead atoms. The molecule has 3 nitrogen and oxygen atoms in total. The predicted octanol–water partition coefficient (Wildman–Crippen LogP) is 3.99. The molecule has 1 aliphatic heterocycles. The molecule has 0 radical (unpaired) electrons. The van der Waals surface area contributed by atoms with Crippen molar-refractivity contribution in [3.8, 4) is 0 Å². The number of carbonyl (C=O) groups is 1. The Morgan fingerprint density at radius 1 is 1.09 bits per heavy atom. The molecule has 1 aromatic rings. The molecule has 1 saturated heterocycles. The summed E-state index contributed by atoms with van der Waals surface area (Å²) in [6, 6.07) is 10.2. The van der Waals surface area contributed by atoms with E-state index in [-0.39, 0.29) is 11.9 Å². The minimum atomic E-state index is -0.0644. The van der Waals surface area contributed by atoms with Crippen LogP contribution in [0.25, 0.3) is 0 Å². The van der Waals surface area contributed by atoms with Crippen molar-refractivity contribution in [2.75, 3.05) is 26.2 Å². The Kier molecular flexibility index (Phi) is 6.09.